The number of hydrogen-bond donors (Lipinski definition) is 1. The van der Waals surface area contributed by atoms with E-state index in [9.17, 15) is 4.79 Å². The summed E-state index contributed by atoms with van der Waals surface area (Å²) in [6.45, 7) is 1.95. The fraction of sp³-hybridized carbons (Fsp3) is 0.391. The van der Waals surface area contributed by atoms with Crippen molar-refractivity contribution >= 4 is 5.91 Å². The SMILES string of the molecule is COc1ccc([C@@H](c2nnnn2Cc2ccccc2)N2CCC(C(N)=O)CC2)c(OC)c1. The molecule has 1 amide bonds. The van der Waals surface area contributed by atoms with E-state index in [4.69, 9.17) is 15.2 Å². The van der Waals surface area contributed by atoms with E-state index in [-0.39, 0.29) is 17.9 Å². The van der Waals surface area contributed by atoms with E-state index in [0.717, 1.165) is 17.0 Å². The van der Waals surface area contributed by atoms with Gasteiger partial charge < -0.3 is 15.2 Å². The van der Waals surface area contributed by atoms with Gasteiger partial charge in [0.2, 0.25) is 5.91 Å². The number of nitrogens with zero attached hydrogens (tertiary/aromatic N) is 5. The fourth-order valence-corrected chi connectivity index (χ4v) is 4.26. The van der Waals surface area contributed by atoms with E-state index in [0.29, 0.717) is 44.0 Å². The molecule has 0 aliphatic carbocycles. The van der Waals surface area contributed by atoms with Gasteiger partial charge in [0.05, 0.1) is 20.8 Å². The maximum Gasteiger partial charge on any atom is 0.220 e. The highest BCUT2D eigenvalue weighted by Crippen LogP contribution is 2.38. The second kappa shape index (κ2) is 9.78. The minimum atomic E-state index is -0.247. The van der Waals surface area contributed by atoms with E-state index in [2.05, 4.69) is 20.4 Å². The molecule has 168 valence electrons. The molecule has 4 rings (SSSR count). The molecule has 2 heterocycles. The Hall–Kier alpha value is -3.46. The van der Waals surface area contributed by atoms with Crippen LogP contribution in [0.1, 0.15) is 35.8 Å². The van der Waals surface area contributed by atoms with Crippen LogP contribution in [0.2, 0.25) is 0 Å². The van der Waals surface area contributed by atoms with Crippen LogP contribution in [0, 0.1) is 5.92 Å². The van der Waals surface area contributed by atoms with Crippen LogP contribution in [0.5, 0.6) is 11.5 Å². The molecule has 1 aliphatic heterocycles. The van der Waals surface area contributed by atoms with Gasteiger partial charge >= 0.3 is 0 Å². The molecule has 1 aliphatic rings. The molecule has 0 radical (unpaired) electrons. The van der Waals surface area contributed by atoms with E-state index >= 15 is 0 Å². The van der Waals surface area contributed by atoms with E-state index in [1.807, 2.05) is 53.2 Å². The zero-order chi connectivity index (χ0) is 22.5. The zero-order valence-corrected chi connectivity index (χ0v) is 18.3. The lowest BCUT2D eigenvalue weighted by atomic mass is 9.93. The Balaban J connectivity index is 1.73. The Kier molecular flexibility index (Phi) is 6.65. The van der Waals surface area contributed by atoms with Crippen LogP contribution in [0.3, 0.4) is 0 Å². The average molecular weight is 437 g/mol. The van der Waals surface area contributed by atoms with Gasteiger partial charge in [-0.1, -0.05) is 30.3 Å². The van der Waals surface area contributed by atoms with Gasteiger partial charge in [-0.25, -0.2) is 4.68 Å². The van der Waals surface area contributed by atoms with E-state index < -0.39 is 0 Å². The number of piperidine rings is 1. The molecule has 0 bridgehead atoms. The van der Waals surface area contributed by atoms with Crippen molar-refractivity contribution in [2.75, 3.05) is 27.3 Å². The van der Waals surface area contributed by atoms with Crippen LogP contribution < -0.4 is 15.2 Å². The number of likely N-dealkylation sites (tertiary alicyclic amines) is 1. The molecule has 1 atom stereocenters. The molecule has 32 heavy (non-hydrogen) atoms. The number of amides is 1. The molecule has 1 aromatic heterocycles. The number of carbonyl (C=O) groups excluding carboxylic acids is 1. The van der Waals surface area contributed by atoms with Gasteiger partial charge in [0, 0.05) is 17.5 Å². The molecule has 9 nitrogen and oxygen atoms in total. The van der Waals surface area contributed by atoms with Gasteiger partial charge in [0.15, 0.2) is 5.82 Å². The Morgan fingerprint density at radius 2 is 1.88 bits per heavy atom. The second-order valence-corrected chi connectivity index (χ2v) is 7.90. The van der Waals surface area contributed by atoms with Crippen molar-refractivity contribution < 1.29 is 14.3 Å². The van der Waals surface area contributed by atoms with Crippen LogP contribution in [0.15, 0.2) is 48.5 Å². The van der Waals surface area contributed by atoms with E-state index in [1.54, 1.807) is 14.2 Å². The summed E-state index contributed by atoms with van der Waals surface area (Å²) in [5, 5.41) is 12.7. The summed E-state index contributed by atoms with van der Waals surface area (Å²) in [5.74, 6) is 1.78. The van der Waals surface area contributed by atoms with Crippen molar-refractivity contribution in [1.29, 1.82) is 0 Å². The summed E-state index contributed by atoms with van der Waals surface area (Å²) in [7, 11) is 3.27. The second-order valence-electron chi connectivity index (χ2n) is 7.90. The van der Waals surface area contributed by atoms with E-state index in [1.165, 1.54) is 0 Å². The normalized spacial score (nSPS) is 15.9. The van der Waals surface area contributed by atoms with Crippen LogP contribution in [-0.2, 0) is 11.3 Å². The first-order valence-corrected chi connectivity index (χ1v) is 10.7. The first-order chi connectivity index (χ1) is 15.6. The number of ether oxygens (including phenoxy) is 2. The highest BCUT2D eigenvalue weighted by atomic mass is 16.5. The smallest absolute Gasteiger partial charge is 0.220 e. The lowest BCUT2D eigenvalue weighted by molar-refractivity contribution is -0.123. The molecule has 3 aromatic rings. The summed E-state index contributed by atoms with van der Waals surface area (Å²) >= 11 is 0. The number of methoxy groups -OCH3 is 2. The summed E-state index contributed by atoms with van der Waals surface area (Å²) in [6.07, 6.45) is 1.40. The topological polar surface area (TPSA) is 108 Å². The minimum absolute atomic E-state index is 0.107. The average Bonchev–Trinajstić information content (AvgIpc) is 3.28. The van der Waals surface area contributed by atoms with Gasteiger partial charge in [-0.15, -0.1) is 5.10 Å². The van der Waals surface area contributed by atoms with Crippen LogP contribution in [0.25, 0.3) is 0 Å². The predicted molar refractivity (Wildman–Crippen MR) is 118 cm³/mol. The molecule has 2 aromatic carbocycles. The Morgan fingerprint density at radius 3 is 2.53 bits per heavy atom. The van der Waals surface area contributed by atoms with Crippen molar-refractivity contribution in [1.82, 2.24) is 25.1 Å². The van der Waals surface area contributed by atoms with Gasteiger partial charge in [0.1, 0.15) is 17.5 Å². The van der Waals surface area contributed by atoms with Crippen molar-refractivity contribution in [3.63, 3.8) is 0 Å². The number of primary amides is 1. The Labute approximate surface area is 187 Å². The number of nitrogens with two attached hydrogens (primary N) is 1. The third kappa shape index (κ3) is 4.57. The summed E-state index contributed by atoms with van der Waals surface area (Å²) in [6, 6.07) is 15.6. The molecule has 9 heteroatoms. The molecule has 0 spiro atoms. The number of tetrazole rings is 1. The van der Waals surface area contributed by atoms with Gasteiger partial charge in [0.25, 0.3) is 0 Å². The lowest BCUT2D eigenvalue weighted by Gasteiger charge is -2.36. The first kappa shape index (κ1) is 21.8. The standard InChI is InChI=1S/C23H28N6O3/c1-31-18-8-9-19(20(14-18)32-2)21(28-12-10-17(11-13-28)22(24)30)23-25-26-27-29(23)15-16-6-4-3-5-7-16/h3-9,14,17,21H,10-13,15H2,1-2H3,(H2,24,30)/t21-/m0/s1. The van der Waals surface area contributed by atoms with Crippen molar-refractivity contribution in [3.05, 3.63) is 65.5 Å². The Morgan fingerprint density at radius 1 is 1.12 bits per heavy atom. The number of rotatable bonds is 8. The van der Waals surface area contributed by atoms with Crippen LogP contribution in [0.4, 0.5) is 0 Å². The summed E-state index contributed by atoms with van der Waals surface area (Å²) in [5.41, 5.74) is 7.60. The molecular weight excluding hydrogens is 408 g/mol. The van der Waals surface area contributed by atoms with Gasteiger partial charge in [-0.2, -0.15) is 0 Å². The molecule has 1 saturated heterocycles. The first-order valence-electron chi connectivity index (χ1n) is 10.7. The van der Waals surface area contributed by atoms with Crippen LogP contribution in [-0.4, -0.2) is 58.3 Å². The van der Waals surface area contributed by atoms with Gasteiger partial charge in [-0.05, 0) is 54.1 Å². The number of benzene rings is 2. The minimum Gasteiger partial charge on any atom is -0.497 e. The Bertz CT molecular complexity index is 1050. The van der Waals surface area contributed by atoms with Gasteiger partial charge in [-0.3, -0.25) is 9.69 Å². The molecule has 1 fully saturated rings. The van der Waals surface area contributed by atoms with Crippen molar-refractivity contribution in [2.24, 2.45) is 11.7 Å². The monoisotopic (exact) mass is 436 g/mol. The third-order valence-corrected chi connectivity index (χ3v) is 6.01. The summed E-state index contributed by atoms with van der Waals surface area (Å²) in [4.78, 5) is 14.0. The molecular formula is C23H28N6O3. The van der Waals surface area contributed by atoms with Crippen molar-refractivity contribution in [2.45, 2.75) is 25.4 Å². The highest BCUT2D eigenvalue weighted by molar-refractivity contribution is 5.76. The third-order valence-electron chi connectivity index (χ3n) is 6.01. The fourth-order valence-electron chi connectivity index (χ4n) is 4.26. The maximum atomic E-state index is 11.7. The van der Waals surface area contributed by atoms with Crippen molar-refractivity contribution in [3.8, 4) is 11.5 Å². The molecule has 0 unspecified atom stereocenters. The number of aromatic nitrogens is 4. The number of hydrogen-bond acceptors (Lipinski definition) is 7. The lowest BCUT2D eigenvalue weighted by Crippen LogP contribution is -2.41. The highest BCUT2D eigenvalue weighted by Gasteiger charge is 2.34. The molecule has 2 N–H and O–H groups in total. The quantitative estimate of drug-likeness (QED) is 0.575. The predicted octanol–water partition coefficient (Wildman–Crippen LogP) is 2.03. The maximum absolute atomic E-state index is 11.7. The molecule has 0 saturated carbocycles. The van der Waals surface area contributed by atoms with Crippen LogP contribution >= 0.6 is 0 Å². The number of carbonyl (C=O) groups is 1. The summed E-state index contributed by atoms with van der Waals surface area (Å²) < 4.78 is 12.9. The largest absolute Gasteiger partial charge is 0.497 e. The zero-order valence-electron chi connectivity index (χ0n) is 18.3.